The number of rotatable bonds is 68. The number of nitrogens with one attached hydrogen (secondary N) is 17. The molecule has 0 aliphatic rings. The van der Waals surface area contributed by atoms with Gasteiger partial charge in [0.2, 0.25) is 124 Å². The van der Waals surface area contributed by atoms with Gasteiger partial charge in [-0.2, -0.15) is 24.4 Å². The average Bonchev–Trinajstić information content (AvgIpc) is 1.64. The molecule has 0 aliphatic heterocycles. The van der Waals surface area contributed by atoms with Crippen molar-refractivity contribution < 1.29 is 160 Å². The van der Waals surface area contributed by atoms with Gasteiger partial charge in [-0.1, -0.05) is 86.6 Å². The van der Waals surface area contributed by atoms with E-state index in [9.17, 15) is 160 Å². The van der Waals surface area contributed by atoms with Crippen LogP contribution >= 0.6 is 24.4 Å². The lowest BCUT2D eigenvalue weighted by molar-refractivity contribution is -0.144. The molecule has 147 heavy (non-hydrogen) atoms. The van der Waals surface area contributed by atoms with Crippen molar-refractivity contribution in [3.8, 4) is 5.75 Å². The molecule has 0 bridgehead atoms. The molecule has 3 aromatic carbocycles. The summed E-state index contributed by atoms with van der Waals surface area (Å²) in [6.07, 6.45) is -9.96. The van der Waals surface area contributed by atoms with Crippen LogP contribution < -0.4 is 119 Å². The number of hydrogen-bond acceptors (Lipinski definition) is 32. The van der Waals surface area contributed by atoms with Crippen molar-refractivity contribution in [2.75, 3.05) is 24.4 Å². The van der Waals surface area contributed by atoms with E-state index in [0.717, 1.165) is 0 Å². The van der Waals surface area contributed by atoms with Gasteiger partial charge in [-0.25, -0.2) is 9.78 Å². The van der Waals surface area contributed by atoms with Crippen LogP contribution in [0.5, 0.6) is 5.75 Å². The first kappa shape index (κ1) is 123. The van der Waals surface area contributed by atoms with E-state index >= 15 is 0 Å². The number of nitrogens with zero attached hydrogens (tertiary/aromatic N) is 1. The minimum atomic E-state index is -2.49. The second kappa shape index (κ2) is 62.2. The zero-order valence-electron chi connectivity index (χ0n) is 79.3. The zero-order chi connectivity index (χ0) is 110. The number of benzene rings is 3. The molecule has 0 aliphatic carbocycles. The number of aromatic amines is 1. The average molecular weight is 2110 g/mol. The Morgan fingerprint density at radius 1 is 0.333 bits per heavy atom. The Hall–Kier alpha value is -16.5. The van der Waals surface area contributed by atoms with Crippen LogP contribution in [-0.2, 0) is 150 Å². The predicted octanol–water partition coefficient (Wildman–Crippen LogP) is -11.7. The Morgan fingerprint density at radius 2 is 0.605 bits per heavy atom. The van der Waals surface area contributed by atoms with E-state index in [4.69, 9.17) is 34.4 Å². The van der Waals surface area contributed by atoms with Crippen molar-refractivity contribution in [3.63, 3.8) is 0 Å². The largest absolute Gasteiger partial charge is 0.508 e. The number of H-pyrrole nitrogens is 1. The molecule has 0 spiro atoms. The van der Waals surface area contributed by atoms with E-state index < -0.39 is 359 Å². The highest BCUT2D eigenvalue weighted by Gasteiger charge is 2.42. The van der Waals surface area contributed by atoms with Gasteiger partial charge in [-0.3, -0.25) is 120 Å². The Morgan fingerprint density at radius 3 is 0.912 bits per heavy atom. The number of imidazole rings is 1. The number of thioether (sulfide) groups is 1. The molecule has 57 nitrogen and oxygen atoms in total. The number of carbonyl (C=O) groups excluding carboxylic acids is 21. The van der Waals surface area contributed by atoms with Crippen molar-refractivity contribution in [1.29, 1.82) is 0 Å². The van der Waals surface area contributed by atoms with Gasteiger partial charge in [0.25, 0.3) is 0 Å². The molecule has 0 radical (unpaired) electrons. The summed E-state index contributed by atoms with van der Waals surface area (Å²) in [7, 11) is 0. The monoisotopic (exact) mass is 2100 g/mol. The van der Waals surface area contributed by atoms with Crippen LogP contribution in [0.3, 0.4) is 0 Å². The highest BCUT2D eigenvalue weighted by molar-refractivity contribution is 7.98. The van der Waals surface area contributed by atoms with E-state index in [0.29, 0.717) is 11.3 Å². The number of phenols is 1. The summed E-state index contributed by atoms with van der Waals surface area (Å²) in [4.78, 5) is 357. The Kier molecular flexibility index (Phi) is 51.9. The number of nitrogens with two attached hydrogens (primary N) is 6. The maximum absolute atomic E-state index is 14.8. The number of thiol groups is 1. The molecule has 21 amide bonds. The first-order valence-electron chi connectivity index (χ1n) is 44.9. The number of hydrogen-bond donors (Lipinski definition) is 31. The molecule has 0 unspecified atom stereocenters. The predicted molar refractivity (Wildman–Crippen MR) is 512 cm³/mol. The summed E-state index contributed by atoms with van der Waals surface area (Å²) in [5, 5.41) is 106. The van der Waals surface area contributed by atoms with Crippen LogP contribution in [0.2, 0.25) is 0 Å². The summed E-state index contributed by atoms with van der Waals surface area (Å²) < 4.78 is 0. The normalized spacial score (nSPS) is 14.4. The second-order valence-corrected chi connectivity index (χ2v) is 34.9. The lowest BCUT2D eigenvalue weighted by atomic mass is 9.99. The van der Waals surface area contributed by atoms with Crippen LogP contribution in [0.1, 0.15) is 120 Å². The molecule has 802 valence electrons. The van der Waals surface area contributed by atoms with Gasteiger partial charge in [-0.05, 0) is 72.4 Å². The second-order valence-electron chi connectivity index (χ2n) is 33.5. The number of primary amides is 5. The van der Waals surface area contributed by atoms with E-state index in [1.165, 1.54) is 105 Å². The third-order valence-corrected chi connectivity index (χ3v) is 22.4. The van der Waals surface area contributed by atoms with Crippen molar-refractivity contribution in [1.82, 2.24) is 95.0 Å². The van der Waals surface area contributed by atoms with Crippen molar-refractivity contribution in [2.45, 2.75) is 226 Å². The van der Waals surface area contributed by atoms with Crippen molar-refractivity contribution in [3.05, 3.63) is 120 Å². The maximum atomic E-state index is 14.8. The molecular formula is C88H120N24O33S2. The molecule has 59 heteroatoms. The highest BCUT2D eigenvalue weighted by Crippen LogP contribution is 2.18. The number of amides is 21. The fraction of sp³-hybridized carbons (Fsp3) is 0.466. The van der Waals surface area contributed by atoms with Gasteiger partial charge in [-0.15, -0.1) is 0 Å². The first-order chi connectivity index (χ1) is 69.2. The minimum absolute atomic E-state index is 0.127. The molecule has 0 saturated heterocycles. The third-order valence-electron chi connectivity index (χ3n) is 21.3. The number of carbonyl (C=O) groups is 26. The Balaban J connectivity index is 1.62. The maximum Gasteiger partial charge on any atom is 0.326 e. The van der Waals surface area contributed by atoms with Crippen LogP contribution in [0.25, 0.3) is 0 Å². The van der Waals surface area contributed by atoms with Gasteiger partial charge in [0.15, 0.2) is 0 Å². The molecule has 1 heterocycles. The van der Waals surface area contributed by atoms with Crippen LogP contribution in [-0.4, -0.2) is 327 Å². The fourth-order valence-corrected chi connectivity index (χ4v) is 14.3. The number of phenolic OH excluding ortho intramolecular Hbond substituents is 1. The number of carboxylic acid groups (broad SMARTS) is 5. The lowest BCUT2D eigenvalue weighted by Crippen LogP contribution is -2.62. The molecule has 0 fully saturated rings. The lowest BCUT2D eigenvalue weighted by Gasteiger charge is -2.29. The van der Waals surface area contributed by atoms with Crippen LogP contribution in [0.15, 0.2) is 97.5 Å². The van der Waals surface area contributed by atoms with E-state index in [1.807, 2.05) is 21.3 Å². The zero-order valence-corrected chi connectivity index (χ0v) is 81.0. The molecule has 1 aromatic heterocycles. The SMILES string of the molecule is CSCC[C@H](NC(=O)[C@H](CC(=O)O)NC(=O)[C@H](Cc1cnc[nH]1)NC(=O)[C@@H](N)CS)C(=O)N[C@@H](Cc1ccccc1)C(=O)N[C@@H](CO)C(=O)N[C@@H](CCC(N)=O)C(=O)N[C@H](C(=O)N[C@@H](Cc1ccccc1)C(=O)N[C@@H](CC(=O)O)C(=O)N[C@@H](CCC(N)=O)C(=O)N[C@@H](CC(=O)O)C(=O)N[C@@H](CC(=O)O)C(=O)N[C@@H](CC(N)=O)C(=O)N[C@@H](CC(N)=O)C(=O)N[C@@H](CCC(N)=O)C(=O)N[C@@H](Cc1ccc(O)cc1)C(=O)O)C(C)C. The summed E-state index contributed by atoms with van der Waals surface area (Å²) in [5.41, 5.74) is 33.9. The summed E-state index contributed by atoms with van der Waals surface area (Å²) in [6.45, 7) is 1.48. The molecule has 36 N–H and O–H groups in total. The summed E-state index contributed by atoms with van der Waals surface area (Å²) >= 11 is 5.20. The smallest absolute Gasteiger partial charge is 0.326 e. The molecule has 17 atom stereocenters. The van der Waals surface area contributed by atoms with Gasteiger partial charge in [0.05, 0.1) is 57.5 Å². The first-order valence-corrected chi connectivity index (χ1v) is 46.9. The summed E-state index contributed by atoms with van der Waals surface area (Å²) in [5.74, 6) is -38.1. The number of aromatic hydroxyl groups is 1. The number of aliphatic hydroxyl groups is 1. The van der Waals surface area contributed by atoms with Gasteiger partial charge < -0.3 is 160 Å². The van der Waals surface area contributed by atoms with E-state index in [-0.39, 0.29) is 47.6 Å². The van der Waals surface area contributed by atoms with Gasteiger partial charge >= 0.3 is 29.8 Å². The van der Waals surface area contributed by atoms with Gasteiger partial charge in [0.1, 0.15) is 102 Å². The Labute approximate surface area is 845 Å². The highest BCUT2D eigenvalue weighted by atomic mass is 32.2. The minimum Gasteiger partial charge on any atom is -0.508 e. The van der Waals surface area contributed by atoms with Gasteiger partial charge in [0, 0.05) is 62.6 Å². The molecule has 4 rings (SSSR count). The number of aliphatic hydroxyl groups excluding tert-OH is 1. The van der Waals surface area contributed by atoms with Crippen LogP contribution in [0.4, 0.5) is 0 Å². The van der Waals surface area contributed by atoms with E-state index in [2.05, 4.69) is 86.4 Å². The Bertz CT molecular complexity index is 5360. The third kappa shape index (κ3) is 45.3. The molecule has 4 aromatic rings. The topological polar surface area (TPSA) is 963 Å². The fourth-order valence-electron chi connectivity index (χ4n) is 13.7. The van der Waals surface area contributed by atoms with Crippen molar-refractivity contribution >= 4 is 178 Å². The molecular weight excluding hydrogens is 1990 g/mol. The quantitative estimate of drug-likeness (QED) is 0.0183. The number of carboxylic acids is 5. The number of aromatic nitrogens is 2. The number of aliphatic carboxylic acids is 5. The van der Waals surface area contributed by atoms with E-state index in [1.54, 1.807) is 24.5 Å². The van der Waals surface area contributed by atoms with Crippen molar-refractivity contribution in [2.24, 2.45) is 40.3 Å². The molecule has 0 saturated carbocycles. The standard InChI is InChI=1S/C88H120N24O33S2/c1-40(2)71(112-76(132)49(20-23-64(92)117)99-86(142)61(37-113)111-78(134)51(26-41-10-6-4-7-11-41)102-75(131)50(24-25-147-3)100-83(139)57(33-68(122)123)107-79(135)53(29-44-36-95-39-96-44)101-72(128)46(89)38-146)87(143)109-52(27-42-12-8-5-9-13-42)77(133)106-56(32-67(120)121)82(138)98-47(18-21-62(90)115)73(129)105-58(34-69(124)125)85(141)108-59(35-70(126)127)84(140)104-55(31-66(94)119)81(137)103-54(30-65(93)118)80(136)97-48(19-22-63(91)116)74(130)110-60(88(144)145)28-43-14-16-45(114)17-15-43/h4-17,36,39-40,46-61,71,113-114,146H,18-35,37-38,89H2,1-3H3,(H2,90,115)(H2,91,116)(H2,92,117)(H2,93,118)(H2,94,119)(H,95,96)(H,97,136)(H,98,138)(H,99,142)(H,100,139)(H,101,128)(H,102,131)(H,103,137)(H,104,140)(H,105,129)(H,106,133)(H,107,135)(H,108,141)(H,109,143)(H,110,130)(H,111,134)(H,112,132)(H,120,121)(H,122,123)(H,124,125)(H,126,127)(H,144,145)/t46-,47-,48-,49-,50-,51-,52-,53-,54-,55-,56-,57-,58-,59-,60-,61-,71-/m0/s1. The summed E-state index contributed by atoms with van der Waals surface area (Å²) in [6, 6.07) is -13.2. The van der Waals surface area contributed by atoms with Crippen LogP contribution in [0, 0.1) is 5.92 Å².